The Kier molecular flexibility index (Phi) is 11.7. The van der Waals surface area contributed by atoms with Crippen LogP contribution in [0.15, 0.2) is 27.8 Å². The number of aryl methyl sites for hydroxylation is 3. The summed E-state index contributed by atoms with van der Waals surface area (Å²) in [6.07, 6.45) is 1.93. The van der Waals surface area contributed by atoms with Crippen molar-refractivity contribution in [1.29, 1.82) is 0 Å². The van der Waals surface area contributed by atoms with Crippen molar-refractivity contribution in [3.8, 4) is 5.75 Å². The zero-order valence-corrected chi connectivity index (χ0v) is 26.3. The van der Waals surface area contributed by atoms with Crippen LogP contribution in [0.2, 0.25) is 0 Å². The van der Waals surface area contributed by atoms with Crippen LogP contribution in [0.1, 0.15) is 54.4 Å². The van der Waals surface area contributed by atoms with Gasteiger partial charge in [-0.1, -0.05) is 0 Å². The summed E-state index contributed by atoms with van der Waals surface area (Å²) in [6, 6.07) is 4.13. The van der Waals surface area contributed by atoms with Gasteiger partial charge in [-0.3, -0.25) is 14.2 Å². The molecule has 0 radical (unpaired) electrons. The summed E-state index contributed by atoms with van der Waals surface area (Å²) >= 11 is 1.00. The molecule has 1 saturated heterocycles. The molecular formula is C30H40FN3O8S. The van der Waals surface area contributed by atoms with Crippen LogP contribution in [0.5, 0.6) is 5.75 Å². The van der Waals surface area contributed by atoms with Gasteiger partial charge in [0.2, 0.25) is 5.91 Å². The maximum atomic E-state index is 14.0. The van der Waals surface area contributed by atoms with Crippen molar-refractivity contribution in [1.82, 2.24) is 14.0 Å². The lowest BCUT2D eigenvalue weighted by molar-refractivity contribution is -0.138. The number of methoxy groups -OCH3 is 2. The number of carbonyl (C=O) groups is 2. The number of nitrogens with zero attached hydrogens (tertiary/aromatic N) is 3. The molecule has 1 aromatic carbocycles. The van der Waals surface area contributed by atoms with Crippen molar-refractivity contribution in [2.24, 2.45) is 0 Å². The smallest absolute Gasteiger partial charge is 0.348 e. The highest BCUT2D eigenvalue weighted by Gasteiger charge is 2.39. The largest absolute Gasteiger partial charge is 0.496 e. The molecule has 236 valence electrons. The van der Waals surface area contributed by atoms with E-state index in [2.05, 4.69) is 4.74 Å². The Labute approximate surface area is 253 Å². The van der Waals surface area contributed by atoms with E-state index in [0.29, 0.717) is 41.4 Å². The van der Waals surface area contributed by atoms with Crippen LogP contribution in [0.4, 0.5) is 4.39 Å². The first-order valence-corrected chi connectivity index (χ1v) is 14.9. The standard InChI is InChI=1S/C27H32FN3O6S.C3H8O2/c1-6-37-24(33)21-16(2)20-22(32)31(27(3,4)25(34)29-12-7-8-13-29)26(35)30(23(20)38-21)14-11-17-15-18(28)9-10-19(17)36-5;1-5-3-2-4/h9-10,15H,6-8,11-14H2,1-5H3;4H,2-3H2,1H3. The lowest BCUT2D eigenvalue weighted by atomic mass is 10.0. The molecule has 1 N–H and O–H groups in total. The van der Waals surface area contributed by atoms with Gasteiger partial charge < -0.3 is 24.2 Å². The normalized spacial score (nSPS) is 13.2. The maximum Gasteiger partial charge on any atom is 0.348 e. The van der Waals surface area contributed by atoms with Gasteiger partial charge in [-0.05, 0) is 76.3 Å². The van der Waals surface area contributed by atoms with Gasteiger partial charge in [0.25, 0.3) is 5.56 Å². The van der Waals surface area contributed by atoms with Gasteiger partial charge >= 0.3 is 11.7 Å². The number of hydrogen-bond donors (Lipinski definition) is 1. The van der Waals surface area contributed by atoms with E-state index in [1.54, 1.807) is 39.7 Å². The Balaban J connectivity index is 0.000000934. The number of halogens is 1. The molecule has 3 aromatic rings. The Hall–Kier alpha value is -3.55. The molecule has 3 heterocycles. The predicted octanol–water partition coefficient (Wildman–Crippen LogP) is 3.08. The quantitative estimate of drug-likeness (QED) is 0.342. The molecule has 0 atom stereocenters. The summed E-state index contributed by atoms with van der Waals surface area (Å²) in [4.78, 5) is 56.2. The van der Waals surface area contributed by atoms with Gasteiger partial charge in [0.1, 0.15) is 26.8 Å². The molecule has 1 aliphatic rings. The van der Waals surface area contributed by atoms with Gasteiger partial charge in [0, 0.05) is 26.7 Å². The van der Waals surface area contributed by atoms with E-state index in [4.69, 9.17) is 14.6 Å². The highest BCUT2D eigenvalue weighted by molar-refractivity contribution is 7.20. The van der Waals surface area contributed by atoms with E-state index in [1.807, 2.05) is 0 Å². The van der Waals surface area contributed by atoms with Crippen molar-refractivity contribution >= 4 is 33.4 Å². The second-order valence-electron chi connectivity index (χ2n) is 10.5. The van der Waals surface area contributed by atoms with E-state index in [9.17, 15) is 23.6 Å². The van der Waals surface area contributed by atoms with Crippen LogP contribution in [0.3, 0.4) is 0 Å². The fraction of sp³-hybridized carbons (Fsp3) is 0.533. The van der Waals surface area contributed by atoms with Crippen LogP contribution in [0, 0.1) is 12.7 Å². The van der Waals surface area contributed by atoms with Crippen LogP contribution in [-0.4, -0.2) is 78.1 Å². The summed E-state index contributed by atoms with van der Waals surface area (Å²) in [5, 5.41) is 8.13. The van der Waals surface area contributed by atoms with Crippen molar-refractivity contribution in [3.05, 3.63) is 60.9 Å². The van der Waals surface area contributed by atoms with E-state index >= 15 is 0 Å². The number of thiophene rings is 1. The van der Waals surface area contributed by atoms with Crippen LogP contribution >= 0.6 is 11.3 Å². The van der Waals surface area contributed by atoms with Crippen molar-refractivity contribution in [3.63, 3.8) is 0 Å². The second-order valence-corrected chi connectivity index (χ2v) is 11.5. The minimum Gasteiger partial charge on any atom is -0.496 e. The minimum absolute atomic E-state index is 0.0611. The fourth-order valence-electron chi connectivity index (χ4n) is 5.10. The summed E-state index contributed by atoms with van der Waals surface area (Å²) in [5.74, 6) is -0.888. The van der Waals surface area contributed by atoms with Crippen molar-refractivity contribution < 1.29 is 33.3 Å². The van der Waals surface area contributed by atoms with Crippen LogP contribution < -0.4 is 16.0 Å². The number of aromatic nitrogens is 2. The van der Waals surface area contributed by atoms with Gasteiger partial charge in [-0.2, -0.15) is 0 Å². The monoisotopic (exact) mass is 621 g/mol. The fourth-order valence-corrected chi connectivity index (χ4v) is 6.31. The lowest BCUT2D eigenvalue weighted by Gasteiger charge is -2.31. The highest BCUT2D eigenvalue weighted by Crippen LogP contribution is 2.30. The topological polar surface area (TPSA) is 129 Å². The zero-order chi connectivity index (χ0) is 31.9. The summed E-state index contributed by atoms with van der Waals surface area (Å²) in [5.41, 5.74) is -1.84. The first-order valence-electron chi connectivity index (χ1n) is 14.1. The minimum atomic E-state index is -1.47. The van der Waals surface area contributed by atoms with E-state index in [0.717, 1.165) is 28.7 Å². The zero-order valence-electron chi connectivity index (χ0n) is 25.5. The lowest BCUT2D eigenvalue weighted by Crippen LogP contribution is -2.56. The SMILES string of the molecule is CCOC(=O)c1sc2c(c1C)c(=O)n(C(C)(C)C(=O)N1CCCC1)c(=O)n2CCc1cc(F)ccc1OC.COCCO. The third-order valence-corrected chi connectivity index (χ3v) is 8.59. The molecule has 0 bridgehead atoms. The number of aliphatic hydroxyl groups excluding tert-OH is 1. The molecule has 1 aliphatic heterocycles. The molecule has 0 unspecified atom stereocenters. The number of esters is 1. The Morgan fingerprint density at radius 2 is 1.81 bits per heavy atom. The Morgan fingerprint density at radius 3 is 2.37 bits per heavy atom. The number of likely N-dealkylation sites (tertiary alicyclic amines) is 1. The third kappa shape index (κ3) is 7.16. The van der Waals surface area contributed by atoms with Crippen molar-refractivity contribution in [2.75, 3.05) is 47.1 Å². The molecule has 11 nitrogen and oxygen atoms in total. The van der Waals surface area contributed by atoms with E-state index in [-0.39, 0.29) is 42.3 Å². The number of aliphatic hydroxyl groups is 1. The Morgan fingerprint density at radius 1 is 1.14 bits per heavy atom. The van der Waals surface area contributed by atoms with Gasteiger partial charge in [-0.25, -0.2) is 18.5 Å². The average molecular weight is 622 g/mol. The number of ether oxygens (including phenoxy) is 3. The molecule has 13 heteroatoms. The molecule has 0 saturated carbocycles. The molecule has 43 heavy (non-hydrogen) atoms. The third-order valence-electron chi connectivity index (χ3n) is 7.29. The molecule has 2 aromatic heterocycles. The molecule has 4 rings (SSSR count). The average Bonchev–Trinajstić information content (AvgIpc) is 3.62. The molecule has 1 amide bonds. The summed E-state index contributed by atoms with van der Waals surface area (Å²) < 4.78 is 31.4. The Bertz CT molecular complexity index is 1570. The van der Waals surface area contributed by atoms with E-state index in [1.165, 1.54) is 29.9 Å². The number of rotatable bonds is 10. The molecule has 0 aliphatic carbocycles. The van der Waals surface area contributed by atoms with E-state index < -0.39 is 28.6 Å². The van der Waals surface area contributed by atoms with Crippen LogP contribution in [0.25, 0.3) is 10.2 Å². The number of benzene rings is 1. The summed E-state index contributed by atoms with van der Waals surface area (Å²) in [6.45, 7) is 8.36. The maximum absolute atomic E-state index is 14.0. The molecule has 0 spiro atoms. The molecule has 1 fully saturated rings. The van der Waals surface area contributed by atoms with Crippen molar-refractivity contribution in [2.45, 2.75) is 59.0 Å². The number of amides is 1. The summed E-state index contributed by atoms with van der Waals surface area (Å²) in [7, 11) is 3.03. The second kappa shape index (κ2) is 14.8. The highest BCUT2D eigenvalue weighted by atomic mass is 32.1. The number of carbonyl (C=O) groups excluding carboxylic acids is 2. The van der Waals surface area contributed by atoms with Crippen LogP contribution in [-0.2, 0) is 32.8 Å². The number of hydrogen-bond acceptors (Lipinski definition) is 9. The first-order chi connectivity index (χ1) is 20.4. The van der Waals surface area contributed by atoms with Gasteiger partial charge in [0.05, 0.1) is 32.3 Å². The first kappa shape index (κ1) is 33.9. The van der Waals surface area contributed by atoms with Gasteiger partial charge in [0.15, 0.2) is 0 Å². The van der Waals surface area contributed by atoms with Gasteiger partial charge in [-0.15, -0.1) is 11.3 Å². The number of fused-ring (bicyclic) bond motifs is 1. The predicted molar refractivity (Wildman–Crippen MR) is 162 cm³/mol. The molecular weight excluding hydrogens is 581 g/mol.